The van der Waals surface area contributed by atoms with Gasteiger partial charge in [0.15, 0.2) is 0 Å². The predicted molar refractivity (Wildman–Crippen MR) is 47.6 cm³/mol. The topological polar surface area (TPSA) is 26.3 Å². The van der Waals surface area contributed by atoms with Gasteiger partial charge in [0.25, 0.3) is 0 Å². The summed E-state index contributed by atoms with van der Waals surface area (Å²) < 4.78 is 52.4. The number of alkyl halides is 3. The molecule has 0 aliphatic carbocycles. The van der Waals surface area contributed by atoms with Gasteiger partial charge in [0, 0.05) is 11.5 Å². The minimum Gasteiger partial charge on any atom is -0.406 e. The number of carbonyl (C=O) groups excluding carboxylic acids is 1. The number of rotatable bonds is 3. The summed E-state index contributed by atoms with van der Waals surface area (Å²) in [6, 6.07) is 2.54. The summed E-state index contributed by atoms with van der Waals surface area (Å²) in [7, 11) is 0. The number of hydrogen-bond acceptors (Lipinski definition) is 2. The van der Waals surface area contributed by atoms with E-state index in [0.717, 1.165) is 18.2 Å². The Morgan fingerprint density at radius 3 is 2.50 bits per heavy atom. The third kappa shape index (κ3) is 3.22. The van der Waals surface area contributed by atoms with Crippen LogP contribution in [-0.2, 0) is 4.79 Å². The Morgan fingerprint density at radius 1 is 1.38 bits per heavy atom. The molecule has 0 aliphatic heterocycles. The van der Waals surface area contributed by atoms with Crippen molar-refractivity contribution in [3.8, 4) is 5.75 Å². The summed E-state index contributed by atoms with van der Waals surface area (Å²) >= 11 is 0. The van der Waals surface area contributed by atoms with Gasteiger partial charge in [-0.3, -0.25) is 0 Å². The van der Waals surface area contributed by atoms with Gasteiger partial charge in [-0.2, -0.15) is 0 Å². The molecule has 0 N–H and O–H groups in total. The second-order valence-corrected chi connectivity index (χ2v) is 3.16. The number of ether oxygens (including phenoxy) is 1. The van der Waals surface area contributed by atoms with E-state index in [9.17, 15) is 22.4 Å². The van der Waals surface area contributed by atoms with E-state index in [4.69, 9.17) is 0 Å². The van der Waals surface area contributed by atoms with Crippen molar-refractivity contribution >= 4 is 6.29 Å². The normalized spacial score (nSPS) is 13.3. The van der Waals surface area contributed by atoms with E-state index in [1.165, 1.54) is 6.92 Å². The standard InChI is InChI=1S/C10H8F4O2/c1-6(5-15)8-4-7(2-3-9(8)11)16-10(12,13)14/h2-6H,1H3. The molecule has 16 heavy (non-hydrogen) atoms. The van der Waals surface area contributed by atoms with Gasteiger partial charge < -0.3 is 9.53 Å². The molecule has 0 fully saturated rings. The molecule has 1 aromatic rings. The van der Waals surface area contributed by atoms with Gasteiger partial charge in [-0.05, 0) is 18.2 Å². The number of hydrogen-bond donors (Lipinski definition) is 0. The second kappa shape index (κ2) is 4.51. The van der Waals surface area contributed by atoms with Gasteiger partial charge in [0.1, 0.15) is 17.9 Å². The van der Waals surface area contributed by atoms with Crippen LogP contribution in [0.3, 0.4) is 0 Å². The molecule has 0 heterocycles. The molecule has 0 aromatic heterocycles. The summed E-state index contributed by atoms with van der Waals surface area (Å²) in [4.78, 5) is 10.4. The molecular formula is C10H8F4O2. The third-order valence-corrected chi connectivity index (χ3v) is 1.90. The first-order valence-electron chi connectivity index (χ1n) is 4.34. The number of aldehydes is 1. The maximum absolute atomic E-state index is 13.1. The zero-order chi connectivity index (χ0) is 12.3. The van der Waals surface area contributed by atoms with Crippen LogP contribution in [0.25, 0.3) is 0 Å². The summed E-state index contributed by atoms with van der Waals surface area (Å²) in [5, 5.41) is 0. The Balaban J connectivity index is 3.03. The van der Waals surface area contributed by atoms with Gasteiger partial charge in [0.2, 0.25) is 0 Å². The van der Waals surface area contributed by atoms with Gasteiger partial charge in [-0.25, -0.2) is 4.39 Å². The summed E-state index contributed by atoms with van der Waals surface area (Å²) in [5.74, 6) is -2.11. The monoisotopic (exact) mass is 236 g/mol. The summed E-state index contributed by atoms with van der Waals surface area (Å²) in [5.41, 5.74) is -0.128. The molecule has 0 radical (unpaired) electrons. The molecule has 2 nitrogen and oxygen atoms in total. The maximum Gasteiger partial charge on any atom is 0.573 e. The van der Waals surface area contributed by atoms with Crippen LogP contribution in [0.5, 0.6) is 5.75 Å². The molecular weight excluding hydrogens is 228 g/mol. The highest BCUT2D eigenvalue weighted by Crippen LogP contribution is 2.27. The molecule has 0 spiro atoms. The van der Waals surface area contributed by atoms with Gasteiger partial charge in [-0.1, -0.05) is 6.92 Å². The van der Waals surface area contributed by atoms with Gasteiger partial charge in [-0.15, -0.1) is 13.2 Å². The largest absolute Gasteiger partial charge is 0.573 e. The molecule has 88 valence electrons. The molecule has 6 heteroatoms. The van der Waals surface area contributed by atoms with Crippen LogP contribution in [0.4, 0.5) is 17.6 Å². The Bertz CT molecular complexity index is 387. The fraction of sp³-hybridized carbons (Fsp3) is 0.300. The molecule has 1 aromatic carbocycles. The van der Waals surface area contributed by atoms with Crippen LogP contribution >= 0.6 is 0 Å². The van der Waals surface area contributed by atoms with Crippen molar-refractivity contribution in [3.63, 3.8) is 0 Å². The molecule has 0 aliphatic rings. The highest BCUT2D eigenvalue weighted by molar-refractivity contribution is 5.62. The van der Waals surface area contributed by atoms with E-state index < -0.39 is 23.8 Å². The molecule has 0 amide bonds. The molecule has 0 saturated heterocycles. The zero-order valence-electron chi connectivity index (χ0n) is 8.22. The first-order valence-corrected chi connectivity index (χ1v) is 4.34. The smallest absolute Gasteiger partial charge is 0.406 e. The lowest BCUT2D eigenvalue weighted by atomic mass is 10.0. The Labute approximate surface area is 88.8 Å². The van der Waals surface area contributed by atoms with E-state index in [2.05, 4.69) is 4.74 Å². The maximum atomic E-state index is 13.1. The van der Waals surface area contributed by atoms with Crippen LogP contribution < -0.4 is 4.74 Å². The van der Waals surface area contributed by atoms with E-state index in [1.807, 2.05) is 0 Å². The number of halogens is 4. The third-order valence-electron chi connectivity index (χ3n) is 1.90. The molecule has 1 rings (SSSR count). The number of benzene rings is 1. The predicted octanol–water partition coefficient (Wildman–Crippen LogP) is 3.03. The van der Waals surface area contributed by atoms with E-state index in [-0.39, 0.29) is 5.56 Å². The van der Waals surface area contributed by atoms with E-state index >= 15 is 0 Å². The first-order chi connectivity index (χ1) is 7.33. The van der Waals surface area contributed by atoms with Crippen LogP contribution in [-0.4, -0.2) is 12.6 Å². The van der Waals surface area contributed by atoms with Gasteiger partial charge in [0.05, 0.1) is 0 Å². The fourth-order valence-corrected chi connectivity index (χ4v) is 1.14. The minimum absolute atomic E-state index is 0.128. The van der Waals surface area contributed by atoms with Crippen LogP contribution in [0, 0.1) is 5.82 Å². The highest BCUT2D eigenvalue weighted by atomic mass is 19.4. The Kier molecular flexibility index (Phi) is 3.51. The van der Waals surface area contributed by atoms with Crippen LogP contribution in [0.2, 0.25) is 0 Å². The highest BCUT2D eigenvalue weighted by Gasteiger charge is 2.31. The van der Waals surface area contributed by atoms with Crippen molar-refractivity contribution in [3.05, 3.63) is 29.6 Å². The van der Waals surface area contributed by atoms with Crippen molar-refractivity contribution < 1.29 is 27.1 Å². The van der Waals surface area contributed by atoms with Crippen molar-refractivity contribution in [2.75, 3.05) is 0 Å². The lowest BCUT2D eigenvalue weighted by Gasteiger charge is -2.11. The van der Waals surface area contributed by atoms with Crippen molar-refractivity contribution in [2.24, 2.45) is 0 Å². The van der Waals surface area contributed by atoms with Crippen LogP contribution in [0.1, 0.15) is 18.4 Å². The Morgan fingerprint density at radius 2 is 2.00 bits per heavy atom. The number of carbonyl (C=O) groups is 1. The average molecular weight is 236 g/mol. The molecule has 0 saturated carbocycles. The van der Waals surface area contributed by atoms with Crippen molar-refractivity contribution in [1.29, 1.82) is 0 Å². The van der Waals surface area contributed by atoms with Crippen molar-refractivity contribution in [2.45, 2.75) is 19.2 Å². The van der Waals surface area contributed by atoms with Gasteiger partial charge >= 0.3 is 6.36 Å². The summed E-state index contributed by atoms with van der Waals surface area (Å²) in [6.45, 7) is 1.38. The van der Waals surface area contributed by atoms with Crippen LogP contribution in [0.15, 0.2) is 18.2 Å². The lowest BCUT2D eigenvalue weighted by Crippen LogP contribution is -2.17. The van der Waals surface area contributed by atoms with Crippen molar-refractivity contribution in [1.82, 2.24) is 0 Å². The molecule has 1 unspecified atom stereocenters. The first kappa shape index (κ1) is 12.5. The Hall–Kier alpha value is -1.59. The lowest BCUT2D eigenvalue weighted by molar-refractivity contribution is -0.274. The second-order valence-electron chi connectivity index (χ2n) is 3.16. The molecule has 0 bridgehead atoms. The van der Waals surface area contributed by atoms with E-state index in [1.54, 1.807) is 0 Å². The SMILES string of the molecule is CC(C=O)c1cc(OC(F)(F)F)ccc1F. The fourth-order valence-electron chi connectivity index (χ4n) is 1.14. The quantitative estimate of drug-likeness (QED) is 0.595. The van der Waals surface area contributed by atoms with E-state index in [0.29, 0.717) is 6.29 Å². The molecule has 1 atom stereocenters. The zero-order valence-corrected chi connectivity index (χ0v) is 8.22. The minimum atomic E-state index is -4.83. The average Bonchev–Trinajstić information content (AvgIpc) is 2.18. The summed E-state index contributed by atoms with van der Waals surface area (Å²) in [6.07, 6.45) is -4.39.